The molecule has 0 aliphatic rings. The molecule has 2 aromatic rings. The summed E-state index contributed by atoms with van der Waals surface area (Å²) >= 11 is 5.70. The van der Waals surface area contributed by atoms with Crippen LogP contribution in [0.1, 0.15) is 5.56 Å². The van der Waals surface area contributed by atoms with Gasteiger partial charge in [0.15, 0.2) is 0 Å². The molecule has 0 radical (unpaired) electrons. The Kier molecular flexibility index (Phi) is 4.13. The number of nitrogens with one attached hydrogen (secondary N) is 1. The van der Waals surface area contributed by atoms with Crippen LogP contribution in [-0.4, -0.2) is 19.6 Å². The minimum Gasteiger partial charge on any atom is -0.265 e. The molecule has 0 aliphatic carbocycles. The van der Waals surface area contributed by atoms with E-state index < -0.39 is 10.0 Å². The summed E-state index contributed by atoms with van der Waals surface area (Å²) in [5.41, 5.74) is 0.744. The summed E-state index contributed by atoms with van der Waals surface area (Å²) in [5, 5.41) is 4.16. The fourth-order valence-electron chi connectivity index (χ4n) is 1.29. The lowest BCUT2D eigenvalue weighted by Gasteiger charge is -2.02. The molecule has 0 spiro atoms. The van der Waals surface area contributed by atoms with Crippen molar-refractivity contribution >= 4 is 27.8 Å². The molecule has 0 saturated heterocycles. The molecule has 2 rings (SSSR count). The van der Waals surface area contributed by atoms with Gasteiger partial charge in [0.25, 0.3) is 10.0 Å². The van der Waals surface area contributed by atoms with E-state index in [9.17, 15) is 8.42 Å². The number of pyridine rings is 1. The van der Waals surface area contributed by atoms with Crippen LogP contribution in [0.3, 0.4) is 0 Å². The normalized spacial score (nSPS) is 11.6. The van der Waals surface area contributed by atoms with Gasteiger partial charge >= 0.3 is 0 Å². The number of sulfonamides is 1. The molecule has 1 N–H and O–H groups in total. The predicted octanol–water partition coefficient (Wildman–Crippen LogP) is 2.05. The molecular formula is C12H10ClN3O2S. The molecule has 1 aromatic carbocycles. The smallest absolute Gasteiger partial charge is 0.265 e. The summed E-state index contributed by atoms with van der Waals surface area (Å²) in [6.07, 6.45) is 4.58. The zero-order valence-electron chi connectivity index (χ0n) is 9.69. The van der Waals surface area contributed by atoms with E-state index in [1.165, 1.54) is 30.5 Å². The number of hydrogen-bond donors (Lipinski definition) is 1. The summed E-state index contributed by atoms with van der Waals surface area (Å²) in [6.45, 7) is 0. The summed E-state index contributed by atoms with van der Waals surface area (Å²) < 4.78 is 23.7. The highest BCUT2D eigenvalue weighted by Crippen LogP contribution is 2.13. The van der Waals surface area contributed by atoms with Crippen molar-refractivity contribution in [3.63, 3.8) is 0 Å². The molecule has 7 heteroatoms. The second-order valence-electron chi connectivity index (χ2n) is 3.59. The van der Waals surface area contributed by atoms with Crippen LogP contribution in [0, 0.1) is 0 Å². The predicted molar refractivity (Wildman–Crippen MR) is 73.6 cm³/mol. The number of benzene rings is 1. The van der Waals surface area contributed by atoms with E-state index >= 15 is 0 Å². The van der Waals surface area contributed by atoms with Crippen molar-refractivity contribution in [2.45, 2.75) is 4.90 Å². The number of hydrogen-bond acceptors (Lipinski definition) is 4. The van der Waals surface area contributed by atoms with Gasteiger partial charge in [-0.2, -0.15) is 13.5 Å². The summed E-state index contributed by atoms with van der Waals surface area (Å²) in [4.78, 5) is 6.07. The van der Waals surface area contributed by atoms with E-state index in [1.807, 2.05) is 0 Å². The molecule has 19 heavy (non-hydrogen) atoms. The van der Waals surface area contributed by atoms with Gasteiger partial charge in [0.1, 0.15) is 0 Å². The number of rotatable bonds is 4. The lowest BCUT2D eigenvalue weighted by molar-refractivity contribution is 0.584. The van der Waals surface area contributed by atoms with Gasteiger partial charge in [0.05, 0.1) is 11.1 Å². The Labute approximate surface area is 116 Å². The molecule has 0 saturated carbocycles. The molecule has 0 unspecified atom stereocenters. The molecular weight excluding hydrogens is 286 g/mol. The first kappa shape index (κ1) is 13.5. The van der Waals surface area contributed by atoms with Crippen LogP contribution >= 0.6 is 11.6 Å². The van der Waals surface area contributed by atoms with Gasteiger partial charge < -0.3 is 0 Å². The Bertz CT molecular complexity index is 670. The second kappa shape index (κ2) is 5.81. The number of nitrogens with zero attached hydrogens (tertiary/aromatic N) is 2. The van der Waals surface area contributed by atoms with Crippen LogP contribution in [0.5, 0.6) is 0 Å². The fourth-order valence-corrected chi connectivity index (χ4v) is 2.20. The largest absolute Gasteiger partial charge is 0.276 e. The highest BCUT2D eigenvalue weighted by Gasteiger charge is 2.11. The van der Waals surface area contributed by atoms with Crippen molar-refractivity contribution in [3.8, 4) is 0 Å². The average molecular weight is 296 g/mol. The number of halogens is 1. The van der Waals surface area contributed by atoms with Crippen molar-refractivity contribution in [3.05, 3.63) is 59.4 Å². The summed E-state index contributed by atoms with van der Waals surface area (Å²) in [7, 11) is -3.67. The highest BCUT2D eigenvalue weighted by atomic mass is 35.5. The molecule has 5 nitrogen and oxygen atoms in total. The Balaban J connectivity index is 2.10. The van der Waals surface area contributed by atoms with Gasteiger partial charge in [-0.25, -0.2) is 4.83 Å². The third-order valence-electron chi connectivity index (χ3n) is 2.22. The lowest BCUT2D eigenvalue weighted by Crippen LogP contribution is -2.18. The molecule has 98 valence electrons. The third-order valence-corrected chi connectivity index (χ3v) is 3.71. The standard InChI is InChI=1S/C12H10ClN3O2S/c13-11-1-3-12(4-2-11)19(17,18)16-15-9-10-5-7-14-8-6-10/h1-9,16H/b15-9-. The van der Waals surface area contributed by atoms with Gasteiger partial charge in [-0.15, -0.1) is 0 Å². The Morgan fingerprint density at radius 1 is 1.11 bits per heavy atom. The third kappa shape index (κ3) is 3.77. The Morgan fingerprint density at radius 2 is 1.74 bits per heavy atom. The van der Waals surface area contributed by atoms with Crippen molar-refractivity contribution in [2.75, 3.05) is 0 Å². The van der Waals surface area contributed by atoms with Gasteiger partial charge in [0.2, 0.25) is 0 Å². The lowest BCUT2D eigenvalue weighted by atomic mass is 10.3. The van der Waals surface area contributed by atoms with Crippen molar-refractivity contribution in [2.24, 2.45) is 5.10 Å². The van der Waals surface area contributed by atoms with Crippen molar-refractivity contribution < 1.29 is 8.42 Å². The van der Waals surface area contributed by atoms with Gasteiger partial charge in [-0.3, -0.25) is 4.98 Å². The average Bonchev–Trinajstić information content (AvgIpc) is 2.40. The summed E-state index contributed by atoms with van der Waals surface area (Å²) in [5.74, 6) is 0. The van der Waals surface area contributed by atoms with E-state index in [4.69, 9.17) is 11.6 Å². The SMILES string of the molecule is O=S(=O)(N/N=C\c1ccncc1)c1ccc(Cl)cc1. The maximum atomic E-state index is 11.9. The van der Waals surface area contributed by atoms with Crippen molar-refractivity contribution in [1.82, 2.24) is 9.82 Å². The van der Waals surface area contributed by atoms with Crippen molar-refractivity contribution in [1.29, 1.82) is 0 Å². The minimum atomic E-state index is -3.67. The Morgan fingerprint density at radius 3 is 2.37 bits per heavy atom. The zero-order valence-corrected chi connectivity index (χ0v) is 11.3. The molecule has 0 fully saturated rings. The van der Waals surface area contributed by atoms with Crippen LogP contribution < -0.4 is 4.83 Å². The Hall–Kier alpha value is -1.92. The zero-order chi connectivity index (χ0) is 13.7. The molecule has 0 amide bonds. The monoisotopic (exact) mass is 295 g/mol. The maximum absolute atomic E-state index is 11.9. The van der Waals surface area contributed by atoms with Crippen LogP contribution in [-0.2, 0) is 10.0 Å². The van der Waals surface area contributed by atoms with E-state index in [1.54, 1.807) is 24.5 Å². The fraction of sp³-hybridized carbons (Fsp3) is 0. The first-order chi connectivity index (χ1) is 9.08. The van der Waals surface area contributed by atoms with E-state index in [-0.39, 0.29) is 4.90 Å². The molecule has 0 aliphatic heterocycles. The van der Waals surface area contributed by atoms with E-state index in [0.29, 0.717) is 5.02 Å². The van der Waals surface area contributed by atoms with Gasteiger partial charge in [-0.1, -0.05) is 11.6 Å². The first-order valence-corrected chi connectivity index (χ1v) is 7.14. The number of hydrazone groups is 1. The minimum absolute atomic E-state index is 0.101. The van der Waals surface area contributed by atoms with Crippen LogP contribution in [0.4, 0.5) is 0 Å². The quantitative estimate of drug-likeness (QED) is 0.693. The summed E-state index contributed by atoms with van der Waals surface area (Å²) in [6, 6.07) is 9.24. The topological polar surface area (TPSA) is 71.4 Å². The first-order valence-electron chi connectivity index (χ1n) is 5.28. The molecule has 1 heterocycles. The molecule has 0 bridgehead atoms. The van der Waals surface area contributed by atoms with Gasteiger partial charge in [-0.05, 0) is 42.0 Å². The second-order valence-corrected chi connectivity index (χ2v) is 5.68. The van der Waals surface area contributed by atoms with E-state index in [2.05, 4.69) is 14.9 Å². The number of aromatic nitrogens is 1. The van der Waals surface area contributed by atoms with Crippen LogP contribution in [0.2, 0.25) is 5.02 Å². The van der Waals surface area contributed by atoms with Gasteiger partial charge in [0, 0.05) is 17.4 Å². The van der Waals surface area contributed by atoms with Crippen LogP contribution in [0.15, 0.2) is 58.8 Å². The highest BCUT2D eigenvalue weighted by molar-refractivity contribution is 7.89. The van der Waals surface area contributed by atoms with E-state index in [0.717, 1.165) is 5.56 Å². The maximum Gasteiger partial charge on any atom is 0.276 e. The van der Waals surface area contributed by atoms with Crippen LogP contribution in [0.25, 0.3) is 0 Å². The molecule has 1 aromatic heterocycles. The molecule has 0 atom stereocenters.